The molecule has 3 heterocycles. The largest absolute Gasteiger partial charge is 0.486 e. The van der Waals surface area contributed by atoms with E-state index in [4.69, 9.17) is 14.0 Å². The van der Waals surface area contributed by atoms with Crippen LogP contribution in [-0.4, -0.2) is 42.4 Å². The second kappa shape index (κ2) is 7.43. The molecule has 0 bridgehead atoms. The quantitative estimate of drug-likeness (QED) is 0.670. The van der Waals surface area contributed by atoms with Crippen LogP contribution in [0.1, 0.15) is 30.9 Å². The molecule has 2 aromatic carbocycles. The molecule has 146 valence electrons. The Labute approximate surface area is 163 Å². The van der Waals surface area contributed by atoms with E-state index in [-0.39, 0.29) is 11.9 Å². The number of benzene rings is 2. The molecular weight excluding hydrogens is 359 g/mol. The average molecular weight is 382 g/mol. The van der Waals surface area contributed by atoms with Crippen molar-refractivity contribution >= 4 is 11.0 Å². The Morgan fingerprint density at radius 1 is 1.07 bits per heavy atom. The number of hydrogen-bond donors (Lipinski definition) is 0. The Balaban J connectivity index is 1.15. The van der Waals surface area contributed by atoms with Crippen LogP contribution in [0.25, 0.3) is 11.0 Å². The molecule has 0 amide bonds. The maximum Gasteiger partial charge on any atom is 0.170 e. The van der Waals surface area contributed by atoms with Gasteiger partial charge in [0.2, 0.25) is 0 Å². The number of rotatable bonds is 4. The van der Waals surface area contributed by atoms with E-state index in [1.807, 2.05) is 24.3 Å². The second-order valence-electron chi connectivity index (χ2n) is 7.61. The minimum atomic E-state index is -0.290. The molecule has 1 fully saturated rings. The normalized spacial score (nSPS) is 20.5. The van der Waals surface area contributed by atoms with E-state index in [9.17, 15) is 4.39 Å². The third-order valence-electron chi connectivity index (χ3n) is 5.77. The number of para-hydroxylation sites is 2. The fraction of sp³-hybridized carbons (Fsp3) is 0.409. The maximum absolute atomic E-state index is 13.3. The van der Waals surface area contributed by atoms with Gasteiger partial charge in [-0.2, -0.15) is 0 Å². The molecule has 1 saturated heterocycles. The summed E-state index contributed by atoms with van der Waals surface area (Å²) in [6.45, 7) is 3.64. The third kappa shape index (κ3) is 3.44. The third-order valence-corrected chi connectivity index (χ3v) is 5.77. The summed E-state index contributed by atoms with van der Waals surface area (Å²) in [5.74, 6) is 1.75. The topological polar surface area (TPSA) is 47.7 Å². The predicted molar refractivity (Wildman–Crippen MR) is 103 cm³/mol. The molecule has 3 aromatic rings. The van der Waals surface area contributed by atoms with E-state index in [0.717, 1.165) is 61.5 Å². The SMILES string of the molecule is Fc1ccc2c(C3CCN(CCC4COc5ccccc5O4)CC3)noc2c1. The summed E-state index contributed by atoms with van der Waals surface area (Å²) in [5.41, 5.74) is 1.50. The van der Waals surface area contributed by atoms with Crippen molar-refractivity contribution < 1.29 is 18.4 Å². The molecule has 1 aromatic heterocycles. The molecule has 0 saturated carbocycles. The minimum absolute atomic E-state index is 0.0991. The lowest BCUT2D eigenvalue weighted by Gasteiger charge is -2.33. The van der Waals surface area contributed by atoms with Gasteiger partial charge in [0.1, 0.15) is 18.5 Å². The molecule has 6 heteroatoms. The molecular formula is C22H23FN2O3. The van der Waals surface area contributed by atoms with Gasteiger partial charge < -0.3 is 18.9 Å². The van der Waals surface area contributed by atoms with Gasteiger partial charge in [-0.3, -0.25) is 0 Å². The highest BCUT2D eigenvalue weighted by molar-refractivity contribution is 5.79. The molecule has 2 aliphatic rings. The van der Waals surface area contributed by atoms with Crippen molar-refractivity contribution in [2.75, 3.05) is 26.2 Å². The Bertz CT molecular complexity index is 965. The fourth-order valence-corrected chi connectivity index (χ4v) is 4.19. The lowest BCUT2D eigenvalue weighted by atomic mass is 9.91. The van der Waals surface area contributed by atoms with Crippen molar-refractivity contribution in [3.05, 3.63) is 54.0 Å². The summed E-state index contributed by atoms with van der Waals surface area (Å²) < 4.78 is 30.5. The summed E-state index contributed by atoms with van der Waals surface area (Å²) in [7, 11) is 0. The van der Waals surface area contributed by atoms with Gasteiger partial charge in [-0.15, -0.1) is 0 Å². The minimum Gasteiger partial charge on any atom is -0.486 e. The van der Waals surface area contributed by atoms with E-state index in [1.165, 1.54) is 12.1 Å². The van der Waals surface area contributed by atoms with Gasteiger partial charge in [-0.25, -0.2) is 4.39 Å². The van der Waals surface area contributed by atoms with E-state index in [2.05, 4.69) is 10.1 Å². The van der Waals surface area contributed by atoms with Crippen molar-refractivity contribution in [3.63, 3.8) is 0 Å². The highest BCUT2D eigenvalue weighted by atomic mass is 19.1. The van der Waals surface area contributed by atoms with Gasteiger partial charge in [-0.1, -0.05) is 17.3 Å². The Kier molecular flexibility index (Phi) is 4.64. The van der Waals surface area contributed by atoms with Crippen molar-refractivity contribution in [1.29, 1.82) is 0 Å². The van der Waals surface area contributed by atoms with Crippen LogP contribution in [0.15, 0.2) is 47.0 Å². The first-order chi connectivity index (χ1) is 13.8. The highest BCUT2D eigenvalue weighted by Gasteiger charge is 2.26. The van der Waals surface area contributed by atoms with Crippen molar-refractivity contribution in [3.8, 4) is 11.5 Å². The zero-order chi connectivity index (χ0) is 18.9. The standard InChI is InChI=1S/C22H23FN2O3/c23-16-5-6-18-21(13-16)28-24-22(18)15-7-10-25(11-8-15)12-9-17-14-26-19-3-1-2-4-20(19)27-17/h1-6,13,15,17H,7-12,14H2. The molecule has 2 aliphatic heterocycles. The fourth-order valence-electron chi connectivity index (χ4n) is 4.19. The number of nitrogens with zero attached hydrogens (tertiary/aromatic N) is 2. The molecule has 1 unspecified atom stereocenters. The van der Waals surface area contributed by atoms with Crippen LogP contribution in [0.3, 0.4) is 0 Å². The van der Waals surface area contributed by atoms with Crippen LogP contribution < -0.4 is 9.47 Å². The zero-order valence-corrected chi connectivity index (χ0v) is 15.6. The summed E-state index contributed by atoms with van der Waals surface area (Å²) in [4.78, 5) is 2.47. The number of piperidine rings is 1. The first-order valence-electron chi connectivity index (χ1n) is 9.92. The first-order valence-corrected chi connectivity index (χ1v) is 9.92. The van der Waals surface area contributed by atoms with Gasteiger partial charge >= 0.3 is 0 Å². The molecule has 0 spiro atoms. The molecule has 0 radical (unpaired) electrons. The molecule has 0 N–H and O–H groups in total. The van der Waals surface area contributed by atoms with E-state index in [1.54, 1.807) is 6.07 Å². The zero-order valence-electron chi connectivity index (χ0n) is 15.6. The van der Waals surface area contributed by atoms with Gasteiger partial charge in [0.25, 0.3) is 0 Å². The highest BCUT2D eigenvalue weighted by Crippen LogP contribution is 2.34. The summed E-state index contributed by atoms with van der Waals surface area (Å²) in [5, 5.41) is 5.17. The average Bonchev–Trinajstić information content (AvgIpc) is 3.15. The van der Waals surface area contributed by atoms with Crippen LogP contribution in [0.2, 0.25) is 0 Å². The monoisotopic (exact) mass is 382 g/mol. The van der Waals surface area contributed by atoms with Gasteiger partial charge in [0, 0.05) is 30.3 Å². The van der Waals surface area contributed by atoms with E-state index >= 15 is 0 Å². The van der Waals surface area contributed by atoms with Crippen LogP contribution in [0, 0.1) is 5.82 Å². The lowest BCUT2D eigenvalue weighted by Crippen LogP contribution is -2.38. The Morgan fingerprint density at radius 2 is 1.89 bits per heavy atom. The Hall–Kier alpha value is -2.60. The number of ether oxygens (including phenoxy) is 2. The second-order valence-corrected chi connectivity index (χ2v) is 7.61. The van der Waals surface area contributed by atoms with Crippen molar-refractivity contribution in [1.82, 2.24) is 10.1 Å². The number of hydrogen-bond acceptors (Lipinski definition) is 5. The molecule has 5 nitrogen and oxygen atoms in total. The number of likely N-dealkylation sites (tertiary alicyclic amines) is 1. The summed E-state index contributed by atoms with van der Waals surface area (Å²) in [6.07, 6.45) is 3.11. The molecule has 0 aliphatic carbocycles. The number of aromatic nitrogens is 1. The van der Waals surface area contributed by atoms with Crippen LogP contribution in [0.5, 0.6) is 11.5 Å². The first kappa shape index (κ1) is 17.5. The van der Waals surface area contributed by atoms with Crippen LogP contribution in [0.4, 0.5) is 4.39 Å². The molecule has 1 atom stereocenters. The van der Waals surface area contributed by atoms with Gasteiger partial charge in [-0.05, 0) is 50.2 Å². The van der Waals surface area contributed by atoms with E-state index < -0.39 is 0 Å². The molecule has 28 heavy (non-hydrogen) atoms. The summed E-state index contributed by atoms with van der Waals surface area (Å²) in [6, 6.07) is 12.5. The Morgan fingerprint density at radius 3 is 2.75 bits per heavy atom. The van der Waals surface area contributed by atoms with Gasteiger partial charge in [0.05, 0.1) is 5.69 Å². The molecule has 5 rings (SSSR count). The predicted octanol–water partition coefficient (Wildman–Crippen LogP) is 4.38. The van der Waals surface area contributed by atoms with Gasteiger partial charge in [0.15, 0.2) is 17.1 Å². The number of fused-ring (bicyclic) bond motifs is 2. The van der Waals surface area contributed by atoms with E-state index in [0.29, 0.717) is 18.1 Å². The van der Waals surface area contributed by atoms with Crippen molar-refractivity contribution in [2.24, 2.45) is 0 Å². The van der Waals surface area contributed by atoms with Crippen molar-refractivity contribution in [2.45, 2.75) is 31.3 Å². The maximum atomic E-state index is 13.3. The summed E-state index contributed by atoms with van der Waals surface area (Å²) >= 11 is 0. The van der Waals surface area contributed by atoms with Crippen LogP contribution >= 0.6 is 0 Å². The van der Waals surface area contributed by atoms with Crippen LogP contribution in [-0.2, 0) is 0 Å². The lowest BCUT2D eigenvalue weighted by molar-refractivity contribution is 0.0717. The number of halogens is 1. The smallest absolute Gasteiger partial charge is 0.170 e.